The molecular weight excluding hydrogens is 386 g/mol. The van der Waals surface area contributed by atoms with E-state index in [0.29, 0.717) is 24.9 Å². The number of imide groups is 1. The molecule has 160 valence electrons. The SMILES string of the molecule is CCOCCN1C(=O)C2C(N=C3N(c4ccccc4OC)C(C)=C(C)N32)N(C)C1=O. The van der Waals surface area contributed by atoms with Gasteiger partial charge in [-0.25, -0.2) is 9.79 Å². The zero-order valence-corrected chi connectivity index (χ0v) is 18.0. The van der Waals surface area contributed by atoms with Crippen molar-refractivity contribution in [1.82, 2.24) is 14.7 Å². The average Bonchev–Trinajstić information content (AvgIpc) is 3.24. The summed E-state index contributed by atoms with van der Waals surface area (Å²) in [6.45, 7) is 6.91. The Balaban J connectivity index is 1.72. The van der Waals surface area contributed by atoms with Crippen molar-refractivity contribution in [3.8, 4) is 5.75 Å². The summed E-state index contributed by atoms with van der Waals surface area (Å²) in [6.07, 6.45) is -0.580. The van der Waals surface area contributed by atoms with E-state index in [1.54, 1.807) is 14.2 Å². The van der Waals surface area contributed by atoms with E-state index in [-0.39, 0.29) is 18.5 Å². The third-order valence-electron chi connectivity index (χ3n) is 5.88. The van der Waals surface area contributed by atoms with E-state index >= 15 is 0 Å². The second-order valence-electron chi connectivity index (χ2n) is 7.42. The molecule has 2 atom stereocenters. The third kappa shape index (κ3) is 2.84. The van der Waals surface area contributed by atoms with Crippen LogP contribution in [-0.2, 0) is 9.53 Å². The molecule has 1 aromatic carbocycles. The molecule has 4 rings (SSSR count). The van der Waals surface area contributed by atoms with Gasteiger partial charge in [0.15, 0.2) is 12.2 Å². The Hall–Kier alpha value is -3.07. The molecule has 1 fully saturated rings. The van der Waals surface area contributed by atoms with Crippen molar-refractivity contribution in [2.75, 3.05) is 38.8 Å². The Morgan fingerprint density at radius 3 is 2.57 bits per heavy atom. The lowest BCUT2D eigenvalue weighted by molar-refractivity contribution is -0.137. The Morgan fingerprint density at radius 2 is 1.87 bits per heavy atom. The zero-order chi connectivity index (χ0) is 21.6. The number of nitrogens with zero attached hydrogens (tertiary/aromatic N) is 5. The molecule has 0 saturated carbocycles. The van der Waals surface area contributed by atoms with Crippen molar-refractivity contribution >= 4 is 23.6 Å². The number of hydrogen-bond acceptors (Lipinski definition) is 7. The first-order valence-corrected chi connectivity index (χ1v) is 10.1. The van der Waals surface area contributed by atoms with Gasteiger partial charge in [0.25, 0.3) is 5.91 Å². The van der Waals surface area contributed by atoms with Crippen LogP contribution in [0.5, 0.6) is 5.75 Å². The molecule has 9 nitrogen and oxygen atoms in total. The van der Waals surface area contributed by atoms with Crippen molar-refractivity contribution in [1.29, 1.82) is 0 Å². The fourth-order valence-corrected chi connectivity index (χ4v) is 4.22. The summed E-state index contributed by atoms with van der Waals surface area (Å²) >= 11 is 0. The van der Waals surface area contributed by atoms with Crippen LogP contribution >= 0.6 is 0 Å². The topological polar surface area (TPSA) is 77.9 Å². The average molecular weight is 413 g/mol. The lowest BCUT2D eigenvalue weighted by Gasteiger charge is -2.40. The van der Waals surface area contributed by atoms with Crippen molar-refractivity contribution < 1.29 is 19.1 Å². The minimum Gasteiger partial charge on any atom is -0.495 e. The lowest BCUT2D eigenvalue weighted by atomic mass is 10.1. The highest BCUT2D eigenvalue weighted by Crippen LogP contribution is 2.42. The van der Waals surface area contributed by atoms with Crippen LogP contribution < -0.4 is 9.64 Å². The Kier molecular flexibility index (Phi) is 5.15. The Labute approximate surface area is 176 Å². The van der Waals surface area contributed by atoms with E-state index in [0.717, 1.165) is 17.1 Å². The molecule has 30 heavy (non-hydrogen) atoms. The number of methoxy groups -OCH3 is 1. The minimum atomic E-state index is -0.598. The van der Waals surface area contributed by atoms with Gasteiger partial charge >= 0.3 is 6.03 Å². The number of carbonyl (C=O) groups is 2. The van der Waals surface area contributed by atoms with Crippen molar-refractivity contribution in [3.05, 3.63) is 35.7 Å². The second kappa shape index (κ2) is 7.64. The fraction of sp³-hybridized carbons (Fsp3) is 0.476. The number of urea groups is 1. The Bertz CT molecular complexity index is 943. The number of para-hydroxylation sites is 2. The van der Waals surface area contributed by atoms with Gasteiger partial charge in [0.05, 0.1) is 25.9 Å². The molecule has 2 unspecified atom stereocenters. The minimum absolute atomic E-state index is 0.222. The first kappa shape index (κ1) is 20.2. The maximum atomic E-state index is 13.4. The fourth-order valence-electron chi connectivity index (χ4n) is 4.22. The number of aliphatic imine (C=N–C) groups is 1. The summed E-state index contributed by atoms with van der Waals surface area (Å²) in [4.78, 5) is 37.7. The molecule has 9 heteroatoms. The quantitative estimate of drug-likeness (QED) is 0.665. The van der Waals surface area contributed by atoms with Gasteiger partial charge in [0.2, 0.25) is 5.96 Å². The highest BCUT2D eigenvalue weighted by molar-refractivity contribution is 6.11. The summed E-state index contributed by atoms with van der Waals surface area (Å²) in [5.41, 5.74) is 2.73. The van der Waals surface area contributed by atoms with Gasteiger partial charge in [-0.15, -0.1) is 0 Å². The number of amides is 3. The first-order valence-electron chi connectivity index (χ1n) is 10.1. The molecule has 1 aromatic rings. The molecule has 0 aromatic heterocycles. The molecule has 0 radical (unpaired) electrons. The molecule has 0 N–H and O–H groups in total. The largest absolute Gasteiger partial charge is 0.495 e. The number of likely N-dealkylation sites (N-methyl/N-ethyl adjacent to an activating group) is 1. The number of carbonyl (C=O) groups excluding carboxylic acids is 2. The van der Waals surface area contributed by atoms with E-state index in [2.05, 4.69) is 0 Å². The van der Waals surface area contributed by atoms with Gasteiger partial charge in [-0.3, -0.25) is 19.5 Å². The number of fused-ring (bicyclic) bond motifs is 3. The predicted octanol–water partition coefficient (Wildman–Crippen LogP) is 2.06. The third-order valence-corrected chi connectivity index (χ3v) is 5.88. The van der Waals surface area contributed by atoms with Gasteiger partial charge in [0, 0.05) is 25.0 Å². The first-order chi connectivity index (χ1) is 14.4. The maximum absolute atomic E-state index is 13.4. The second-order valence-corrected chi connectivity index (χ2v) is 7.42. The standard InChI is InChI=1S/C21H27N5O4/c1-6-30-12-11-24-19(27)17-18(23(4)21(24)28)22-20-25(13(2)14(3)26(17)20)15-9-7-8-10-16(15)29-5/h7-10,17-18H,6,11-12H2,1-5H3. The molecule has 3 aliphatic rings. The number of guanidine groups is 1. The molecule has 0 bridgehead atoms. The summed E-state index contributed by atoms with van der Waals surface area (Å²) in [6, 6.07) is 6.73. The van der Waals surface area contributed by atoms with Crippen molar-refractivity contribution in [2.45, 2.75) is 33.0 Å². The van der Waals surface area contributed by atoms with Crippen LogP contribution in [0.25, 0.3) is 0 Å². The summed E-state index contributed by atoms with van der Waals surface area (Å²) in [5, 5.41) is 0. The van der Waals surface area contributed by atoms with Gasteiger partial charge in [-0.1, -0.05) is 12.1 Å². The van der Waals surface area contributed by atoms with E-state index in [1.807, 2.05) is 54.8 Å². The molecule has 0 spiro atoms. The number of allylic oxidation sites excluding steroid dienone is 2. The van der Waals surface area contributed by atoms with Crippen LogP contribution in [0.3, 0.4) is 0 Å². The highest BCUT2D eigenvalue weighted by Gasteiger charge is 2.56. The molecule has 0 aliphatic carbocycles. The Morgan fingerprint density at radius 1 is 1.13 bits per heavy atom. The van der Waals surface area contributed by atoms with Crippen LogP contribution in [0, 0.1) is 0 Å². The smallest absolute Gasteiger partial charge is 0.328 e. The van der Waals surface area contributed by atoms with Crippen LogP contribution in [-0.4, -0.2) is 78.7 Å². The van der Waals surface area contributed by atoms with Crippen molar-refractivity contribution in [3.63, 3.8) is 0 Å². The summed E-state index contributed by atoms with van der Waals surface area (Å²) in [7, 11) is 3.31. The molecular formula is C21H27N5O4. The number of rotatable bonds is 6. The normalized spacial score (nSPS) is 23.3. The molecule has 3 amide bonds. The molecule has 1 saturated heterocycles. The number of ether oxygens (including phenoxy) is 2. The number of anilines is 1. The van der Waals surface area contributed by atoms with Gasteiger partial charge in [-0.2, -0.15) is 0 Å². The predicted molar refractivity (Wildman–Crippen MR) is 112 cm³/mol. The van der Waals surface area contributed by atoms with Crippen molar-refractivity contribution in [2.24, 2.45) is 4.99 Å². The van der Waals surface area contributed by atoms with E-state index in [1.165, 1.54) is 9.80 Å². The van der Waals surface area contributed by atoms with Gasteiger partial charge < -0.3 is 14.4 Å². The van der Waals surface area contributed by atoms with Crippen LogP contribution in [0.1, 0.15) is 20.8 Å². The van der Waals surface area contributed by atoms with Gasteiger partial charge in [-0.05, 0) is 32.9 Å². The lowest BCUT2D eigenvalue weighted by Crippen LogP contribution is -2.65. The van der Waals surface area contributed by atoms with E-state index < -0.39 is 12.2 Å². The van der Waals surface area contributed by atoms with Crippen LogP contribution in [0.2, 0.25) is 0 Å². The number of hydrogen-bond donors (Lipinski definition) is 0. The van der Waals surface area contributed by atoms with E-state index in [9.17, 15) is 9.59 Å². The maximum Gasteiger partial charge on any atom is 0.328 e. The van der Waals surface area contributed by atoms with Crippen LogP contribution in [0.4, 0.5) is 10.5 Å². The summed E-state index contributed by atoms with van der Waals surface area (Å²) < 4.78 is 10.9. The summed E-state index contributed by atoms with van der Waals surface area (Å²) in [5.74, 6) is 1.08. The van der Waals surface area contributed by atoms with Crippen LogP contribution in [0.15, 0.2) is 40.7 Å². The highest BCUT2D eigenvalue weighted by atomic mass is 16.5. The van der Waals surface area contributed by atoms with E-state index in [4.69, 9.17) is 14.5 Å². The molecule has 3 heterocycles. The monoisotopic (exact) mass is 413 g/mol. The van der Waals surface area contributed by atoms with Gasteiger partial charge in [0.1, 0.15) is 5.75 Å². The number of benzene rings is 1. The molecule has 3 aliphatic heterocycles. The zero-order valence-electron chi connectivity index (χ0n) is 18.0.